The van der Waals surface area contributed by atoms with Crippen molar-refractivity contribution in [2.45, 2.75) is 83.8 Å². The number of hydrogen-bond acceptors (Lipinski definition) is 7. The molecule has 0 aliphatic heterocycles. The van der Waals surface area contributed by atoms with Gasteiger partial charge in [0.2, 0.25) is 0 Å². The van der Waals surface area contributed by atoms with E-state index in [4.69, 9.17) is 0 Å². The largest absolute Gasteiger partial charge is 0.361 e. The summed E-state index contributed by atoms with van der Waals surface area (Å²) in [6.07, 6.45) is 19.0. The van der Waals surface area contributed by atoms with Gasteiger partial charge in [0.1, 0.15) is 24.0 Å². The van der Waals surface area contributed by atoms with Crippen molar-refractivity contribution >= 4 is 5.69 Å². The van der Waals surface area contributed by atoms with Crippen LogP contribution in [0.3, 0.4) is 0 Å². The van der Waals surface area contributed by atoms with Crippen LogP contribution in [0.2, 0.25) is 0 Å². The monoisotopic (exact) mass is 498 g/mol. The minimum atomic E-state index is -0.610. The highest BCUT2D eigenvalue weighted by Gasteiger charge is 2.27. The Kier molecular flexibility index (Phi) is 12.6. The molecule has 3 rings (SSSR count). The van der Waals surface area contributed by atoms with Gasteiger partial charge in [-0.25, -0.2) is 24.2 Å². The Morgan fingerprint density at radius 2 is 1.92 bits per heavy atom. The molecule has 2 aliphatic carbocycles. The van der Waals surface area contributed by atoms with Gasteiger partial charge in [0.25, 0.3) is 0 Å². The average molecular weight is 499 g/mol. The van der Waals surface area contributed by atoms with Crippen LogP contribution in [-0.4, -0.2) is 38.8 Å². The summed E-state index contributed by atoms with van der Waals surface area (Å²) in [5.41, 5.74) is 4.47. The van der Waals surface area contributed by atoms with Gasteiger partial charge < -0.3 is 4.90 Å². The highest BCUT2D eigenvalue weighted by molar-refractivity contribution is 5.40. The van der Waals surface area contributed by atoms with Gasteiger partial charge in [-0.2, -0.15) is 10.4 Å². The quantitative estimate of drug-likeness (QED) is 0.317. The first-order chi connectivity index (χ1) is 17.5. The smallest absolute Gasteiger partial charge is 0.147 e. The van der Waals surface area contributed by atoms with Gasteiger partial charge in [-0.1, -0.05) is 32.3 Å². The molecule has 0 radical (unpaired) electrons. The third kappa shape index (κ3) is 8.75. The molecular weight excluding hydrogens is 462 g/mol. The van der Waals surface area contributed by atoms with Crippen LogP contribution >= 0.6 is 0 Å². The molecule has 194 valence electrons. The Hall–Kier alpha value is -3.27. The van der Waals surface area contributed by atoms with Crippen LogP contribution in [0.25, 0.3) is 0 Å². The molecule has 1 saturated carbocycles. The molecule has 0 aromatic carbocycles. The Bertz CT molecular complexity index is 983. The van der Waals surface area contributed by atoms with Crippen LogP contribution in [0.5, 0.6) is 0 Å². The number of terminal acetylenes is 1. The third-order valence-electron chi connectivity index (χ3n) is 6.11. The summed E-state index contributed by atoms with van der Waals surface area (Å²) < 4.78 is 27.4. The summed E-state index contributed by atoms with van der Waals surface area (Å²) in [4.78, 5) is 10.9. The average Bonchev–Trinajstić information content (AvgIpc) is 3.08. The van der Waals surface area contributed by atoms with Crippen molar-refractivity contribution < 1.29 is 14.0 Å². The number of anilines is 1. The number of allylic oxidation sites excluding steroid dienone is 5. The number of hydrogen-bond donors (Lipinski definition) is 2. The van der Waals surface area contributed by atoms with Crippen molar-refractivity contribution in [1.82, 2.24) is 20.3 Å². The molecule has 1 aromatic heterocycles. The van der Waals surface area contributed by atoms with Crippen molar-refractivity contribution in [3.8, 4) is 18.4 Å². The van der Waals surface area contributed by atoms with E-state index in [1.54, 1.807) is 6.92 Å². The minimum absolute atomic E-state index is 0.201. The zero-order chi connectivity index (χ0) is 26.3. The number of rotatable bonds is 10. The second-order valence-corrected chi connectivity index (χ2v) is 8.68. The first-order valence-electron chi connectivity index (χ1n) is 12.4. The Labute approximate surface area is 213 Å². The van der Waals surface area contributed by atoms with E-state index in [0.29, 0.717) is 36.6 Å². The zero-order valence-electron chi connectivity index (χ0n) is 21.1. The first-order valence-corrected chi connectivity index (χ1v) is 12.4. The zero-order valence-corrected chi connectivity index (χ0v) is 21.1. The number of aromatic nitrogens is 2. The molecule has 1 atom stereocenters. The van der Waals surface area contributed by atoms with Gasteiger partial charge in [0.15, 0.2) is 0 Å². The molecule has 9 heteroatoms. The molecule has 1 unspecified atom stereocenters. The molecule has 2 aliphatic rings. The van der Waals surface area contributed by atoms with Crippen LogP contribution in [0.1, 0.15) is 71.0 Å². The highest BCUT2D eigenvalue weighted by Crippen LogP contribution is 2.32. The van der Waals surface area contributed by atoms with Crippen molar-refractivity contribution in [3.63, 3.8) is 0 Å². The van der Waals surface area contributed by atoms with E-state index < -0.39 is 12.7 Å². The second-order valence-electron chi connectivity index (χ2n) is 8.68. The van der Waals surface area contributed by atoms with Gasteiger partial charge in [0, 0.05) is 11.7 Å². The SMILES string of the molecule is C#CC.CCC(CF)NN(O)c1cnc(CN(C2=CC(F)=CCC=C2CC#N)C2CCCCC2)nc1. The summed E-state index contributed by atoms with van der Waals surface area (Å²) in [7, 11) is 0. The Balaban J connectivity index is 0.00000145. The van der Waals surface area contributed by atoms with E-state index >= 15 is 0 Å². The van der Waals surface area contributed by atoms with E-state index in [2.05, 4.69) is 38.7 Å². The number of halogens is 2. The lowest BCUT2D eigenvalue weighted by atomic mass is 9.92. The molecule has 0 bridgehead atoms. The predicted octanol–water partition coefficient (Wildman–Crippen LogP) is 5.68. The molecular formula is C27H36F2N6O. The van der Waals surface area contributed by atoms with E-state index in [-0.39, 0.29) is 18.3 Å². The lowest BCUT2D eigenvalue weighted by Crippen LogP contribution is -2.44. The summed E-state index contributed by atoms with van der Waals surface area (Å²) >= 11 is 0. The number of hydrazine groups is 1. The summed E-state index contributed by atoms with van der Waals surface area (Å²) in [5.74, 6) is 2.45. The van der Waals surface area contributed by atoms with Gasteiger partial charge >= 0.3 is 0 Å². The summed E-state index contributed by atoms with van der Waals surface area (Å²) in [6.45, 7) is 3.22. The molecule has 1 fully saturated rings. The minimum Gasteiger partial charge on any atom is -0.361 e. The molecule has 0 spiro atoms. The topological polar surface area (TPSA) is 88.3 Å². The van der Waals surface area contributed by atoms with Crippen LogP contribution in [0.4, 0.5) is 14.5 Å². The van der Waals surface area contributed by atoms with Crippen LogP contribution in [-0.2, 0) is 6.54 Å². The third-order valence-corrected chi connectivity index (χ3v) is 6.11. The van der Waals surface area contributed by atoms with Crippen molar-refractivity contribution in [2.24, 2.45) is 0 Å². The maximum absolute atomic E-state index is 14.4. The molecule has 7 nitrogen and oxygen atoms in total. The summed E-state index contributed by atoms with van der Waals surface area (Å²) in [5, 5.41) is 20.2. The van der Waals surface area contributed by atoms with Crippen molar-refractivity contribution in [2.75, 3.05) is 11.8 Å². The number of nitriles is 1. The van der Waals surface area contributed by atoms with Crippen LogP contribution in [0.15, 0.2) is 47.7 Å². The Morgan fingerprint density at radius 3 is 2.50 bits per heavy atom. The lowest BCUT2D eigenvalue weighted by Gasteiger charge is -2.38. The van der Waals surface area contributed by atoms with E-state index in [0.717, 1.165) is 36.4 Å². The van der Waals surface area contributed by atoms with Crippen molar-refractivity contribution in [3.05, 3.63) is 53.5 Å². The number of nitrogens with one attached hydrogen (secondary N) is 1. The first kappa shape index (κ1) is 29.0. The molecule has 36 heavy (non-hydrogen) atoms. The fourth-order valence-corrected chi connectivity index (χ4v) is 4.19. The second kappa shape index (κ2) is 15.7. The highest BCUT2D eigenvalue weighted by atomic mass is 19.1. The lowest BCUT2D eigenvalue weighted by molar-refractivity contribution is 0.179. The Morgan fingerprint density at radius 1 is 1.25 bits per heavy atom. The van der Waals surface area contributed by atoms with Gasteiger partial charge in [-0.3, -0.25) is 5.21 Å². The van der Waals surface area contributed by atoms with Gasteiger partial charge in [-0.15, -0.1) is 12.3 Å². The molecule has 0 saturated heterocycles. The maximum Gasteiger partial charge on any atom is 0.147 e. The molecule has 2 N–H and O–H groups in total. The number of nitrogens with zero attached hydrogens (tertiary/aromatic N) is 5. The predicted molar refractivity (Wildman–Crippen MR) is 137 cm³/mol. The molecule has 1 aromatic rings. The fourth-order valence-electron chi connectivity index (χ4n) is 4.19. The molecule has 0 amide bonds. The van der Waals surface area contributed by atoms with Crippen LogP contribution in [0, 0.1) is 23.7 Å². The standard InChI is InChI=1S/C24H32F2N6O.C3H4/c1-2-20(14-25)30-32(33)22-15-28-24(29-16-22)17-31(21-9-4-3-5-10-21)23-13-19(26)8-6-7-18(23)11-12-27;1-3-2/h7-8,13,15-16,20-21,30,33H,2-6,9-11,14,17H2,1H3;1H,2H3. The van der Waals surface area contributed by atoms with E-state index in [1.165, 1.54) is 31.0 Å². The normalized spacial score (nSPS) is 16.6. The van der Waals surface area contributed by atoms with E-state index in [1.807, 2.05) is 13.0 Å². The van der Waals surface area contributed by atoms with Gasteiger partial charge in [-0.05, 0) is 50.3 Å². The fraction of sp³-hybridized carbons (Fsp3) is 0.519. The van der Waals surface area contributed by atoms with Gasteiger partial charge in [0.05, 0.1) is 37.5 Å². The molecule has 1 heterocycles. The van der Waals surface area contributed by atoms with Crippen LogP contribution < -0.4 is 10.6 Å². The summed E-state index contributed by atoms with van der Waals surface area (Å²) in [6, 6.07) is 1.89. The van der Waals surface area contributed by atoms with E-state index in [9.17, 15) is 19.2 Å². The number of alkyl halides is 1. The maximum atomic E-state index is 14.4. The van der Waals surface area contributed by atoms with Crippen molar-refractivity contribution in [1.29, 1.82) is 5.26 Å².